The Bertz CT molecular complexity index is 1480. The number of phenols is 1. The summed E-state index contributed by atoms with van der Waals surface area (Å²) in [5.41, 5.74) is 4.64. The number of carbonyl (C=O) groups excluding carboxylic acids is 1. The number of nitrogens with one attached hydrogen (secondary N) is 2. The minimum atomic E-state index is -0.149. The molecule has 1 saturated heterocycles. The second kappa shape index (κ2) is 9.82. The number of Topliss-reactive ketones (excluding diaryl/α,β-unsaturated/α-hetero) is 1. The zero-order chi connectivity index (χ0) is 25.5. The highest BCUT2D eigenvalue weighted by molar-refractivity contribution is 6.37. The summed E-state index contributed by atoms with van der Waals surface area (Å²) >= 11 is 12.4. The van der Waals surface area contributed by atoms with Gasteiger partial charge in [0.1, 0.15) is 5.82 Å². The van der Waals surface area contributed by atoms with Crippen LogP contribution in [0.5, 0.6) is 5.75 Å². The van der Waals surface area contributed by atoms with Gasteiger partial charge in [0.25, 0.3) is 0 Å². The summed E-state index contributed by atoms with van der Waals surface area (Å²) in [6.45, 7) is 3.79. The normalized spacial score (nSPS) is 15.7. The first-order chi connectivity index (χ1) is 18.0. The van der Waals surface area contributed by atoms with Gasteiger partial charge in [0.05, 0.1) is 38.7 Å². The summed E-state index contributed by atoms with van der Waals surface area (Å²) in [6, 6.07) is 13.1. The van der Waals surface area contributed by atoms with Crippen molar-refractivity contribution < 1.29 is 9.90 Å². The lowest BCUT2D eigenvalue weighted by Gasteiger charge is -2.29. The molecule has 3 heterocycles. The number of ketones is 1. The largest absolute Gasteiger partial charge is 0.505 e. The molecule has 1 aliphatic heterocycles. The molecule has 7 nitrogen and oxygen atoms in total. The van der Waals surface area contributed by atoms with Gasteiger partial charge < -0.3 is 20.6 Å². The van der Waals surface area contributed by atoms with Gasteiger partial charge in [-0.15, -0.1) is 0 Å². The number of aromatic hydroxyl groups is 1. The summed E-state index contributed by atoms with van der Waals surface area (Å²) in [5.74, 6) is 0.637. The number of hydrogen-bond donors (Lipinski definition) is 3. The van der Waals surface area contributed by atoms with Crippen molar-refractivity contribution in [2.75, 3.05) is 36.4 Å². The monoisotopic (exact) mass is 533 g/mol. The van der Waals surface area contributed by atoms with Gasteiger partial charge in [-0.2, -0.15) is 0 Å². The number of fused-ring (bicyclic) bond motifs is 1. The van der Waals surface area contributed by atoms with E-state index in [1.807, 2.05) is 30.5 Å². The number of halogens is 2. The van der Waals surface area contributed by atoms with Crippen molar-refractivity contribution in [3.63, 3.8) is 0 Å². The minimum absolute atomic E-state index is 0.0424. The van der Waals surface area contributed by atoms with E-state index in [0.29, 0.717) is 17.1 Å². The van der Waals surface area contributed by atoms with Gasteiger partial charge in [0.15, 0.2) is 11.5 Å². The molecule has 0 bridgehead atoms. The van der Waals surface area contributed by atoms with Crippen molar-refractivity contribution in [3.05, 3.63) is 70.5 Å². The summed E-state index contributed by atoms with van der Waals surface area (Å²) < 4.78 is 0. The Morgan fingerprint density at radius 2 is 1.73 bits per heavy atom. The maximum Gasteiger partial charge on any atom is 0.169 e. The van der Waals surface area contributed by atoms with Crippen LogP contribution < -0.4 is 15.5 Å². The predicted octanol–water partition coefficient (Wildman–Crippen LogP) is 6.06. The van der Waals surface area contributed by atoms with E-state index in [-0.39, 0.29) is 27.5 Å². The number of nitrogens with zero attached hydrogens (tertiary/aromatic N) is 3. The highest BCUT2D eigenvalue weighted by Gasteiger charge is 2.32. The molecule has 0 atom stereocenters. The molecule has 2 aromatic heterocycles. The molecular formula is C28H25Cl2N5O2. The lowest BCUT2D eigenvalue weighted by atomic mass is 9.99. The Balaban J connectivity index is 1.42. The van der Waals surface area contributed by atoms with Crippen LogP contribution in [0.1, 0.15) is 23.2 Å². The van der Waals surface area contributed by atoms with Gasteiger partial charge in [0, 0.05) is 43.7 Å². The number of pyridine rings is 2. The molecule has 6 rings (SSSR count). The fraction of sp³-hybridized carbons (Fsp3) is 0.250. The van der Waals surface area contributed by atoms with Crippen molar-refractivity contribution in [1.82, 2.24) is 15.3 Å². The van der Waals surface area contributed by atoms with Crippen molar-refractivity contribution in [3.8, 4) is 16.9 Å². The average Bonchev–Trinajstić information content (AvgIpc) is 3.78. The van der Waals surface area contributed by atoms with Gasteiger partial charge in [-0.25, -0.2) is 4.98 Å². The Hall–Kier alpha value is -3.39. The second-order valence-electron chi connectivity index (χ2n) is 9.47. The molecule has 1 saturated carbocycles. The van der Waals surface area contributed by atoms with Crippen LogP contribution in [0.15, 0.2) is 54.9 Å². The predicted molar refractivity (Wildman–Crippen MR) is 149 cm³/mol. The van der Waals surface area contributed by atoms with Crippen molar-refractivity contribution >= 4 is 57.1 Å². The molecule has 2 fully saturated rings. The minimum Gasteiger partial charge on any atom is -0.505 e. The maximum atomic E-state index is 13.2. The highest BCUT2D eigenvalue weighted by Crippen LogP contribution is 2.40. The third-order valence-corrected chi connectivity index (χ3v) is 7.49. The van der Waals surface area contributed by atoms with Gasteiger partial charge >= 0.3 is 0 Å². The molecule has 9 heteroatoms. The molecule has 0 unspecified atom stereocenters. The Labute approximate surface area is 224 Å². The van der Waals surface area contributed by atoms with E-state index in [9.17, 15) is 9.90 Å². The number of carbonyl (C=O) groups is 1. The SMILES string of the molecule is O=C(c1cnc2ccc(-c3cc(Cl)c(O)c(Cl)c3)cc2c1Nc1ccc(N2CCNCC2)cn1)C1CC1. The first-order valence-electron chi connectivity index (χ1n) is 12.3. The fourth-order valence-electron chi connectivity index (χ4n) is 4.69. The number of aromatic nitrogens is 2. The lowest BCUT2D eigenvalue weighted by Crippen LogP contribution is -2.43. The van der Waals surface area contributed by atoms with Crippen molar-refractivity contribution in [2.24, 2.45) is 5.92 Å². The molecular weight excluding hydrogens is 509 g/mol. The molecule has 4 aromatic rings. The van der Waals surface area contributed by atoms with Crippen LogP contribution in [-0.4, -0.2) is 47.0 Å². The fourth-order valence-corrected chi connectivity index (χ4v) is 5.18. The van der Waals surface area contributed by atoms with E-state index in [2.05, 4.69) is 31.6 Å². The third kappa shape index (κ3) is 4.82. The zero-order valence-electron chi connectivity index (χ0n) is 20.0. The lowest BCUT2D eigenvalue weighted by molar-refractivity contribution is 0.0968. The number of piperazine rings is 1. The Morgan fingerprint density at radius 1 is 0.973 bits per heavy atom. The van der Waals surface area contributed by atoms with E-state index >= 15 is 0 Å². The molecule has 1 aliphatic carbocycles. The molecule has 0 amide bonds. The van der Waals surface area contributed by atoms with Crippen LogP contribution in [-0.2, 0) is 0 Å². The summed E-state index contributed by atoms with van der Waals surface area (Å²) in [4.78, 5) is 24.8. The molecule has 37 heavy (non-hydrogen) atoms. The van der Waals surface area contributed by atoms with E-state index in [4.69, 9.17) is 23.2 Å². The molecule has 2 aliphatic rings. The highest BCUT2D eigenvalue weighted by atomic mass is 35.5. The molecule has 2 aromatic carbocycles. The molecule has 0 radical (unpaired) electrons. The first kappa shape index (κ1) is 24.0. The van der Waals surface area contributed by atoms with E-state index in [0.717, 1.165) is 66.7 Å². The first-order valence-corrected chi connectivity index (χ1v) is 13.1. The Kier molecular flexibility index (Phi) is 6.36. The number of rotatable bonds is 6. The molecule has 188 valence electrons. The number of anilines is 3. The maximum absolute atomic E-state index is 13.2. The Morgan fingerprint density at radius 3 is 2.41 bits per heavy atom. The van der Waals surface area contributed by atoms with Gasteiger partial charge in [0.2, 0.25) is 0 Å². The zero-order valence-corrected chi connectivity index (χ0v) is 21.5. The molecule has 0 spiro atoms. The van der Waals surface area contributed by atoms with Crippen LogP contribution in [0.4, 0.5) is 17.2 Å². The quantitative estimate of drug-likeness (QED) is 0.259. The van der Waals surface area contributed by atoms with Crippen LogP contribution >= 0.6 is 23.2 Å². The van der Waals surface area contributed by atoms with Crippen LogP contribution in [0, 0.1) is 5.92 Å². The van der Waals surface area contributed by atoms with Crippen LogP contribution in [0.2, 0.25) is 10.0 Å². The molecule has 3 N–H and O–H groups in total. The van der Waals surface area contributed by atoms with Crippen molar-refractivity contribution in [1.29, 1.82) is 0 Å². The average molecular weight is 534 g/mol. The smallest absolute Gasteiger partial charge is 0.169 e. The number of hydrogen-bond acceptors (Lipinski definition) is 7. The number of phenolic OH excluding ortho intramolecular Hbond substituents is 1. The topological polar surface area (TPSA) is 90.4 Å². The summed E-state index contributed by atoms with van der Waals surface area (Å²) in [7, 11) is 0. The van der Waals surface area contributed by atoms with Gasteiger partial charge in [-0.1, -0.05) is 29.3 Å². The van der Waals surface area contributed by atoms with Gasteiger partial charge in [-0.3, -0.25) is 9.78 Å². The standard InChI is InChI=1S/C28H25Cl2N5O2/c29-22-12-18(13-23(30)28(22)37)17-3-5-24-20(11-17)26(21(15-32-24)27(36)16-1-2-16)34-25-6-4-19(14-33-25)35-9-7-31-8-10-35/h3-6,11-16,31,37H,1-2,7-10H2,(H,32,33,34). The van der Waals surface area contributed by atoms with E-state index < -0.39 is 0 Å². The van der Waals surface area contributed by atoms with Gasteiger partial charge in [-0.05, 0) is 60.4 Å². The summed E-state index contributed by atoms with van der Waals surface area (Å²) in [6.07, 6.45) is 5.33. The number of benzene rings is 2. The van der Waals surface area contributed by atoms with Crippen LogP contribution in [0.25, 0.3) is 22.0 Å². The summed E-state index contributed by atoms with van der Waals surface area (Å²) in [5, 5.41) is 17.9. The third-order valence-electron chi connectivity index (χ3n) is 6.91. The van der Waals surface area contributed by atoms with Crippen molar-refractivity contribution in [2.45, 2.75) is 12.8 Å². The van der Waals surface area contributed by atoms with E-state index in [1.165, 1.54) is 0 Å². The van der Waals surface area contributed by atoms with Crippen LogP contribution in [0.3, 0.4) is 0 Å². The van der Waals surface area contributed by atoms with E-state index in [1.54, 1.807) is 18.3 Å². The second-order valence-corrected chi connectivity index (χ2v) is 10.3.